The molecule has 1 rings (SSSR count). The Bertz CT molecular complexity index is 493. The van der Waals surface area contributed by atoms with Crippen molar-refractivity contribution in [3.05, 3.63) is 79.3 Å². The van der Waals surface area contributed by atoms with Gasteiger partial charge in [0.15, 0.2) is 0 Å². The summed E-state index contributed by atoms with van der Waals surface area (Å²) in [4.78, 5) is 0. The van der Waals surface area contributed by atoms with E-state index in [4.69, 9.17) is 9.16 Å². The highest BCUT2D eigenvalue weighted by molar-refractivity contribution is 6.70. The highest BCUT2D eigenvalue weighted by atomic mass is 28.4. The Balaban J connectivity index is 2.30. The van der Waals surface area contributed by atoms with Crippen LogP contribution in [-0.4, -0.2) is 8.32 Å². The molecule has 0 heterocycles. The molecule has 2 nitrogen and oxygen atoms in total. The average molecular weight is 286 g/mol. The predicted octanol–water partition coefficient (Wildman–Crippen LogP) is 5.06. The molecule has 0 fully saturated rings. The molecule has 0 amide bonds. The molecule has 1 aromatic rings. The van der Waals surface area contributed by atoms with Crippen LogP contribution in [0.3, 0.4) is 0 Å². The summed E-state index contributed by atoms with van der Waals surface area (Å²) in [6, 6.07) is 9.64. The fourth-order valence-electron chi connectivity index (χ4n) is 1.38. The molecular formula is C17H22O2Si. The second-order valence-corrected chi connectivity index (χ2v) is 9.61. The van der Waals surface area contributed by atoms with Gasteiger partial charge < -0.3 is 9.16 Å². The van der Waals surface area contributed by atoms with Gasteiger partial charge in [0.25, 0.3) is 0 Å². The molecule has 0 aliphatic heterocycles. The summed E-state index contributed by atoms with van der Waals surface area (Å²) in [7, 11) is -1.55. The van der Waals surface area contributed by atoms with Gasteiger partial charge in [-0.3, -0.25) is 0 Å². The SMILES string of the molecule is C=C(C=CC=CC=COc1ccccc1)O[Si](C)(C)C. The number of benzene rings is 1. The van der Waals surface area contributed by atoms with Crippen molar-refractivity contribution in [1.82, 2.24) is 0 Å². The summed E-state index contributed by atoms with van der Waals surface area (Å²) >= 11 is 0. The maximum Gasteiger partial charge on any atom is 0.242 e. The zero-order valence-corrected chi connectivity index (χ0v) is 13.4. The molecule has 20 heavy (non-hydrogen) atoms. The first-order valence-corrected chi connectivity index (χ1v) is 9.98. The Morgan fingerprint density at radius 2 is 1.65 bits per heavy atom. The highest BCUT2D eigenvalue weighted by Crippen LogP contribution is 2.10. The van der Waals surface area contributed by atoms with E-state index in [1.165, 1.54) is 0 Å². The second-order valence-electron chi connectivity index (χ2n) is 5.18. The first-order valence-electron chi connectivity index (χ1n) is 6.57. The van der Waals surface area contributed by atoms with Crippen LogP contribution in [0.4, 0.5) is 0 Å². The van der Waals surface area contributed by atoms with E-state index in [9.17, 15) is 0 Å². The molecule has 0 radical (unpaired) electrons. The van der Waals surface area contributed by atoms with Gasteiger partial charge >= 0.3 is 0 Å². The van der Waals surface area contributed by atoms with Crippen LogP contribution in [0.15, 0.2) is 79.3 Å². The smallest absolute Gasteiger partial charge is 0.242 e. The van der Waals surface area contributed by atoms with Crippen molar-refractivity contribution in [1.29, 1.82) is 0 Å². The van der Waals surface area contributed by atoms with Crippen molar-refractivity contribution in [2.45, 2.75) is 19.6 Å². The zero-order chi connectivity index (χ0) is 14.8. The van der Waals surface area contributed by atoms with Crippen molar-refractivity contribution in [2.75, 3.05) is 0 Å². The van der Waals surface area contributed by atoms with Gasteiger partial charge in [-0.15, -0.1) is 0 Å². The molecule has 0 bridgehead atoms. The van der Waals surface area contributed by atoms with Gasteiger partial charge in [-0.1, -0.05) is 43.0 Å². The van der Waals surface area contributed by atoms with E-state index in [0.29, 0.717) is 5.76 Å². The quantitative estimate of drug-likeness (QED) is 0.396. The van der Waals surface area contributed by atoms with E-state index in [2.05, 4.69) is 26.2 Å². The van der Waals surface area contributed by atoms with Gasteiger partial charge in [0.1, 0.15) is 5.75 Å². The standard InChI is InChI=1S/C17H22O2Si/c1-16(19-20(2,3)4)12-8-5-6-11-15-18-17-13-9-7-10-14-17/h5-15H,1H2,2-4H3. The Kier molecular flexibility index (Phi) is 6.60. The first-order chi connectivity index (χ1) is 9.47. The monoisotopic (exact) mass is 286 g/mol. The molecule has 0 N–H and O–H groups in total. The number of allylic oxidation sites excluding steroid dienone is 5. The zero-order valence-electron chi connectivity index (χ0n) is 12.4. The second kappa shape index (κ2) is 8.22. The summed E-state index contributed by atoms with van der Waals surface area (Å²) in [6.45, 7) is 10.3. The van der Waals surface area contributed by atoms with E-state index < -0.39 is 8.32 Å². The summed E-state index contributed by atoms with van der Waals surface area (Å²) in [5.74, 6) is 1.53. The lowest BCUT2D eigenvalue weighted by molar-refractivity contribution is 0.444. The molecule has 0 aliphatic rings. The molecule has 0 spiro atoms. The van der Waals surface area contributed by atoms with Crippen LogP contribution in [0.25, 0.3) is 0 Å². The Hall–Kier alpha value is -2.00. The van der Waals surface area contributed by atoms with Crippen LogP contribution in [-0.2, 0) is 4.43 Å². The Labute approximate surface area is 122 Å². The van der Waals surface area contributed by atoms with Crippen LogP contribution in [0.2, 0.25) is 19.6 Å². The minimum Gasteiger partial charge on any atom is -0.545 e. The lowest BCUT2D eigenvalue weighted by Crippen LogP contribution is -2.23. The summed E-state index contributed by atoms with van der Waals surface area (Å²) in [5, 5.41) is 0. The van der Waals surface area contributed by atoms with Crippen LogP contribution >= 0.6 is 0 Å². The lowest BCUT2D eigenvalue weighted by Gasteiger charge is -2.18. The van der Waals surface area contributed by atoms with Crippen LogP contribution in [0, 0.1) is 0 Å². The largest absolute Gasteiger partial charge is 0.545 e. The van der Waals surface area contributed by atoms with E-state index in [1.54, 1.807) is 6.26 Å². The number of hydrogen-bond acceptors (Lipinski definition) is 2. The molecule has 0 saturated carbocycles. The number of rotatable bonds is 7. The molecule has 3 heteroatoms. The molecule has 0 aliphatic carbocycles. The third-order valence-corrected chi connectivity index (χ3v) is 2.95. The Morgan fingerprint density at radius 1 is 1.00 bits per heavy atom. The molecule has 0 saturated heterocycles. The van der Waals surface area contributed by atoms with E-state index in [1.807, 2.05) is 60.7 Å². The highest BCUT2D eigenvalue weighted by Gasteiger charge is 2.15. The van der Waals surface area contributed by atoms with E-state index >= 15 is 0 Å². The van der Waals surface area contributed by atoms with Crippen LogP contribution in [0.5, 0.6) is 5.75 Å². The summed E-state index contributed by atoms with van der Waals surface area (Å²) in [5.41, 5.74) is 0. The maximum absolute atomic E-state index is 5.70. The minimum absolute atomic E-state index is 0.707. The normalized spacial score (nSPS) is 12.3. The fourth-order valence-corrected chi connectivity index (χ4v) is 2.24. The molecule has 0 atom stereocenters. The topological polar surface area (TPSA) is 18.5 Å². The summed E-state index contributed by atoms with van der Waals surface area (Å²) < 4.78 is 11.1. The maximum atomic E-state index is 5.70. The van der Waals surface area contributed by atoms with Crippen molar-refractivity contribution >= 4 is 8.32 Å². The first kappa shape index (κ1) is 16.1. The fraction of sp³-hybridized carbons (Fsp3) is 0.176. The van der Waals surface area contributed by atoms with Gasteiger partial charge in [-0.2, -0.15) is 0 Å². The van der Waals surface area contributed by atoms with Gasteiger partial charge in [0.05, 0.1) is 12.0 Å². The average Bonchev–Trinajstić information content (AvgIpc) is 2.37. The molecule has 0 aromatic heterocycles. The van der Waals surface area contributed by atoms with E-state index in [-0.39, 0.29) is 0 Å². The van der Waals surface area contributed by atoms with Crippen LogP contribution in [0.1, 0.15) is 0 Å². The van der Waals surface area contributed by atoms with E-state index in [0.717, 1.165) is 5.75 Å². The lowest BCUT2D eigenvalue weighted by atomic mass is 10.3. The summed E-state index contributed by atoms with van der Waals surface area (Å²) in [6.07, 6.45) is 11.0. The predicted molar refractivity (Wildman–Crippen MR) is 88.1 cm³/mol. The van der Waals surface area contributed by atoms with Crippen molar-refractivity contribution in [2.24, 2.45) is 0 Å². The molecule has 0 unspecified atom stereocenters. The van der Waals surface area contributed by atoms with Gasteiger partial charge in [-0.25, -0.2) is 0 Å². The minimum atomic E-state index is -1.55. The molecule has 1 aromatic carbocycles. The van der Waals surface area contributed by atoms with Crippen molar-refractivity contribution < 1.29 is 9.16 Å². The van der Waals surface area contributed by atoms with Crippen molar-refractivity contribution in [3.8, 4) is 5.75 Å². The van der Waals surface area contributed by atoms with Crippen LogP contribution < -0.4 is 4.74 Å². The van der Waals surface area contributed by atoms with Crippen molar-refractivity contribution in [3.63, 3.8) is 0 Å². The number of para-hydroxylation sites is 1. The molecule has 106 valence electrons. The van der Waals surface area contributed by atoms with Gasteiger partial charge in [0.2, 0.25) is 8.32 Å². The number of hydrogen-bond donors (Lipinski definition) is 0. The third-order valence-electron chi connectivity index (χ3n) is 2.08. The number of ether oxygens (including phenoxy) is 1. The third kappa shape index (κ3) is 8.16. The molecular weight excluding hydrogens is 264 g/mol. The van der Waals surface area contributed by atoms with Gasteiger partial charge in [-0.05, 0) is 43.9 Å². The Morgan fingerprint density at radius 3 is 2.30 bits per heavy atom. The van der Waals surface area contributed by atoms with Gasteiger partial charge in [0, 0.05) is 0 Å².